The van der Waals surface area contributed by atoms with Gasteiger partial charge in [-0.3, -0.25) is 5.10 Å². The smallest absolute Gasteiger partial charge is 0.133 e. The van der Waals surface area contributed by atoms with E-state index in [0.717, 1.165) is 34.1 Å². The minimum Gasteiger partial charge on any atom is -0.508 e. The maximum Gasteiger partial charge on any atom is 0.133 e. The second-order valence-electron chi connectivity index (χ2n) is 6.52. The Balaban J connectivity index is 0.000000159. The van der Waals surface area contributed by atoms with Crippen LogP contribution in [0.25, 0.3) is 22.2 Å². The Morgan fingerprint density at radius 1 is 1.11 bits per heavy atom. The molecule has 0 aliphatic heterocycles. The molecule has 0 radical (unpaired) electrons. The fraction of sp³-hybridized carbons (Fsp3) is 0.190. The first kappa shape index (κ1) is 16.9. The highest BCUT2D eigenvalue weighted by Crippen LogP contribution is 2.28. The Morgan fingerprint density at radius 2 is 1.96 bits per heavy atom. The molecule has 0 spiro atoms. The average Bonchev–Trinajstić information content (AvgIpc) is 3.37. The molecule has 0 bridgehead atoms. The van der Waals surface area contributed by atoms with Crippen molar-refractivity contribution in [2.75, 3.05) is 0 Å². The Kier molecular flexibility index (Phi) is 4.58. The van der Waals surface area contributed by atoms with Crippen molar-refractivity contribution in [2.45, 2.75) is 25.7 Å². The number of nitriles is 1. The highest BCUT2D eigenvalue weighted by atomic mass is 16.5. The van der Waals surface area contributed by atoms with E-state index in [0.29, 0.717) is 0 Å². The Morgan fingerprint density at radius 3 is 2.74 bits per heavy atom. The van der Waals surface area contributed by atoms with Crippen LogP contribution < -0.4 is 0 Å². The van der Waals surface area contributed by atoms with Gasteiger partial charge in [-0.05, 0) is 67.1 Å². The number of H-pyrrole nitrogens is 1. The largest absolute Gasteiger partial charge is 0.508 e. The quantitative estimate of drug-likeness (QED) is 0.516. The molecule has 136 valence electrons. The molecular formula is C21H20N4O2. The predicted molar refractivity (Wildman–Crippen MR) is 103 cm³/mol. The normalized spacial score (nSPS) is 12.7. The van der Waals surface area contributed by atoms with Crippen molar-refractivity contribution in [3.05, 3.63) is 65.5 Å². The lowest BCUT2D eigenvalue weighted by Gasteiger charge is -2.14. The fourth-order valence-corrected chi connectivity index (χ4v) is 3.35. The van der Waals surface area contributed by atoms with E-state index >= 15 is 0 Å². The zero-order valence-electron chi connectivity index (χ0n) is 14.6. The molecule has 5 rings (SSSR count). The van der Waals surface area contributed by atoms with E-state index in [9.17, 15) is 5.11 Å². The molecule has 0 atom stereocenters. The number of phenols is 1. The van der Waals surface area contributed by atoms with Crippen molar-refractivity contribution in [1.82, 2.24) is 15.4 Å². The van der Waals surface area contributed by atoms with E-state index in [2.05, 4.69) is 27.5 Å². The molecular weight excluding hydrogens is 340 g/mol. The first-order valence-corrected chi connectivity index (χ1v) is 8.83. The third-order valence-electron chi connectivity index (χ3n) is 4.73. The second kappa shape index (κ2) is 7.34. The minimum absolute atomic E-state index is 0. The van der Waals surface area contributed by atoms with Gasteiger partial charge in [-0.1, -0.05) is 11.2 Å². The fourth-order valence-electron chi connectivity index (χ4n) is 3.35. The van der Waals surface area contributed by atoms with Gasteiger partial charge in [0.15, 0.2) is 0 Å². The van der Waals surface area contributed by atoms with Gasteiger partial charge in [0.1, 0.15) is 17.7 Å². The number of nitrogens with one attached hydrogen (secondary N) is 1. The first-order valence-electron chi connectivity index (χ1n) is 8.83. The summed E-state index contributed by atoms with van der Waals surface area (Å²) in [5, 5.41) is 29.6. The molecule has 0 fully saturated rings. The molecule has 0 saturated heterocycles. The van der Waals surface area contributed by atoms with Crippen LogP contribution in [0, 0.1) is 11.3 Å². The lowest BCUT2D eigenvalue weighted by Crippen LogP contribution is -2.02. The zero-order chi connectivity index (χ0) is 18.6. The Hall–Kier alpha value is -3.59. The minimum atomic E-state index is 0. The summed E-state index contributed by atoms with van der Waals surface area (Å²) in [7, 11) is 0. The van der Waals surface area contributed by atoms with Crippen LogP contribution in [0.3, 0.4) is 0 Å². The van der Waals surface area contributed by atoms with Crippen molar-refractivity contribution < 1.29 is 11.1 Å². The molecule has 0 amide bonds. The van der Waals surface area contributed by atoms with Crippen LogP contribution in [-0.4, -0.2) is 20.5 Å². The van der Waals surface area contributed by atoms with Gasteiger partial charge in [-0.2, -0.15) is 10.4 Å². The molecule has 1 aliphatic carbocycles. The third kappa shape index (κ3) is 3.53. The summed E-state index contributed by atoms with van der Waals surface area (Å²) in [6.45, 7) is 0. The van der Waals surface area contributed by atoms with Gasteiger partial charge >= 0.3 is 0 Å². The van der Waals surface area contributed by atoms with Crippen LogP contribution in [-0.2, 0) is 12.8 Å². The summed E-state index contributed by atoms with van der Waals surface area (Å²) in [5.74, 6) is 0.210. The zero-order valence-corrected chi connectivity index (χ0v) is 14.6. The molecule has 0 unspecified atom stereocenters. The number of phenolic OH excluding ortho intramolecular Hbond substituents is 1. The summed E-state index contributed by atoms with van der Waals surface area (Å²) in [6.07, 6.45) is 8.03. The SMILES string of the molecule is N#Cc1ccc2c(c1)CCCC2.Oc1ccc2[nH]nc(-c3cnoc3)c2c1.[HH]. The molecule has 4 aromatic rings. The van der Waals surface area contributed by atoms with E-state index in [4.69, 9.17) is 9.78 Å². The molecule has 2 aromatic heterocycles. The topological polar surface area (TPSA) is 98.7 Å². The van der Waals surface area contributed by atoms with E-state index in [-0.39, 0.29) is 7.18 Å². The molecule has 2 N–H and O–H groups in total. The van der Waals surface area contributed by atoms with E-state index in [1.807, 2.05) is 12.1 Å². The molecule has 27 heavy (non-hydrogen) atoms. The lowest BCUT2D eigenvalue weighted by molar-refractivity contribution is 0.420. The van der Waals surface area contributed by atoms with Gasteiger partial charge < -0.3 is 9.63 Å². The molecule has 1 aliphatic rings. The average molecular weight is 360 g/mol. The van der Waals surface area contributed by atoms with E-state index in [1.54, 1.807) is 24.4 Å². The monoisotopic (exact) mass is 360 g/mol. The van der Waals surface area contributed by atoms with Crippen LogP contribution in [0.1, 0.15) is 31.0 Å². The van der Waals surface area contributed by atoms with Crippen molar-refractivity contribution in [3.63, 3.8) is 0 Å². The number of benzene rings is 2. The maximum atomic E-state index is 9.39. The van der Waals surface area contributed by atoms with Crippen molar-refractivity contribution in [2.24, 2.45) is 0 Å². The van der Waals surface area contributed by atoms with Gasteiger partial charge in [0.05, 0.1) is 28.9 Å². The van der Waals surface area contributed by atoms with Crippen LogP contribution in [0.4, 0.5) is 0 Å². The first-order chi connectivity index (χ1) is 13.2. The van der Waals surface area contributed by atoms with Gasteiger partial charge in [0.25, 0.3) is 0 Å². The summed E-state index contributed by atoms with van der Waals surface area (Å²) in [6, 6.07) is 13.3. The summed E-state index contributed by atoms with van der Waals surface area (Å²) in [5.41, 5.74) is 6.01. The molecule has 2 heterocycles. The number of hydrogen-bond acceptors (Lipinski definition) is 5. The van der Waals surface area contributed by atoms with E-state index < -0.39 is 0 Å². The van der Waals surface area contributed by atoms with Crippen LogP contribution >= 0.6 is 0 Å². The molecule has 2 aromatic carbocycles. The standard InChI is InChI=1S/C11H11N.C10H7N3O2.H2/c12-8-9-5-6-10-3-1-2-4-11(10)7-9;14-7-1-2-9-8(3-7)10(13-12-9)6-4-11-15-5-6;/h5-7H,1-4H2;1-5,14H,(H,12,13);1H. The number of aryl methyl sites for hydroxylation is 2. The number of aromatic nitrogens is 3. The number of aromatic hydroxyl groups is 1. The van der Waals surface area contributed by atoms with Crippen LogP contribution in [0.2, 0.25) is 0 Å². The Labute approximate surface area is 157 Å². The summed E-state index contributed by atoms with van der Waals surface area (Å²) in [4.78, 5) is 0. The van der Waals surface area contributed by atoms with Crippen molar-refractivity contribution in [1.29, 1.82) is 5.26 Å². The number of rotatable bonds is 1. The predicted octanol–water partition coefficient (Wildman–Crippen LogP) is 4.61. The van der Waals surface area contributed by atoms with Crippen molar-refractivity contribution in [3.8, 4) is 23.1 Å². The van der Waals surface area contributed by atoms with Gasteiger partial charge in [0, 0.05) is 6.81 Å². The van der Waals surface area contributed by atoms with Crippen LogP contribution in [0.5, 0.6) is 5.75 Å². The summed E-state index contributed by atoms with van der Waals surface area (Å²) < 4.78 is 4.75. The maximum absolute atomic E-state index is 9.39. The highest BCUT2D eigenvalue weighted by Gasteiger charge is 2.10. The number of aromatic amines is 1. The highest BCUT2D eigenvalue weighted by molar-refractivity contribution is 5.93. The Bertz CT molecular complexity index is 1110. The van der Waals surface area contributed by atoms with Gasteiger partial charge in [0.2, 0.25) is 0 Å². The second-order valence-corrected chi connectivity index (χ2v) is 6.52. The molecule has 6 nitrogen and oxygen atoms in total. The number of fused-ring (bicyclic) bond motifs is 2. The molecule has 0 saturated carbocycles. The third-order valence-corrected chi connectivity index (χ3v) is 4.73. The molecule has 6 heteroatoms. The van der Waals surface area contributed by atoms with Gasteiger partial charge in [-0.15, -0.1) is 0 Å². The van der Waals surface area contributed by atoms with Crippen molar-refractivity contribution >= 4 is 10.9 Å². The van der Waals surface area contributed by atoms with Crippen LogP contribution in [0.15, 0.2) is 53.4 Å². The summed E-state index contributed by atoms with van der Waals surface area (Å²) >= 11 is 0. The van der Waals surface area contributed by atoms with E-state index in [1.165, 1.54) is 36.7 Å². The number of hydrogen-bond donors (Lipinski definition) is 2. The number of nitrogens with zero attached hydrogens (tertiary/aromatic N) is 3. The lowest BCUT2D eigenvalue weighted by atomic mass is 9.91. The van der Waals surface area contributed by atoms with Gasteiger partial charge in [-0.25, -0.2) is 0 Å².